The molecule has 0 unspecified atom stereocenters. The van der Waals surface area contributed by atoms with Crippen LogP contribution in [0, 0.1) is 12.8 Å². The van der Waals surface area contributed by atoms with Gasteiger partial charge in [0.25, 0.3) is 5.91 Å². The highest BCUT2D eigenvalue weighted by Crippen LogP contribution is 2.26. The molecule has 0 bridgehead atoms. The largest absolute Gasteiger partial charge is 0.461 e. The first-order chi connectivity index (χ1) is 12.0. The van der Waals surface area contributed by atoms with Gasteiger partial charge in [-0.1, -0.05) is 6.92 Å². The molecular weight excluding hydrogens is 358 g/mol. The predicted molar refractivity (Wildman–Crippen MR) is 99.2 cm³/mol. The Balaban J connectivity index is 1.95. The van der Waals surface area contributed by atoms with E-state index in [2.05, 4.69) is 9.97 Å². The minimum atomic E-state index is -0.861. The van der Waals surface area contributed by atoms with Crippen LogP contribution < -0.4 is 0 Å². The maximum absolute atomic E-state index is 13.1. The summed E-state index contributed by atoms with van der Waals surface area (Å²) in [5, 5.41) is 0.641. The molecule has 3 heterocycles. The summed E-state index contributed by atoms with van der Waals surface area (Å²) in [6, 6.07) is 3.58. The molecule has 0 saturated carbocycles. The van der Waals surface area contributed by atoms with Crippen LogP contribution in [0.3, 0.4) is 0 Å². The van der Waals surface area contributed by atoms with E-state index in [4.69, 9.17) is 4.42 Å². The SMILES string of the molecule is CSc1nc(-c2ccco2)nc(C)c1C(=O)N1CC[S@@](=O)C[C@@H](C)C1. The molecule has 134 valence electrons. The van der Waals surface area contributed by atoms with E-state index in [1.807, 2.05) is 20.1 Å². The highest BCUT2D eigenvalue weighted by molar-refractivity contribution is 7.98. The lowest BCUT2D eigenvalue weighted by Gasteiger charge is -2.23. The van der Waals surface area contributed by atoms with Gasteiger partial charge < -0.3 is 9.32 Å². The number of hydrogen-bond donors (Lipinski definition) is 0. The van der Waals surface area contributed by atoms with E-state index in [1.165, 1.54) is 11.8 Å². The number of hydrogen-bond acceptors (Lipinski definition) is 6. The predicted octanol–water partition coefficient (Wildman–Crippen LogP) is 2.61. The van der Waals surface area contributed by atoms with Gasteiger partial charge in [-0.2, -0.15) is 0 Å². The van der Waals surface area contributed by atoms with Gasteiger partial charge in [0.15, 0.2) is 11.6 Å². The standard InChI is InChI=1S/C17H21N3O3S2/c1-11-9-20(6-8-25(22)10-11)17(21)14-12(2)18-15(19-16(14)24-3)13-5-4-7-23-13/h4-5,7,11H,6,8-10H2,1-3H3/t11-,25+/m0/s1. The third kappa shape index (κ3) is 3.95. The van der Waals surface area contributed by atoms with Gasteiger partial charge in [0, 0.05) is 35.4 Å². The molecule has 0 N–H and O–H groups in total. The second-order valence-electron chi connectivity index (χ2n) is 6.16. The average Bonchev–Trinajstić information content (AvgIpc) is 3.05. The molecule has 1 aliphatic heterocycles. The molecule has 2 aromatic heterocycles. The van der Waals surface area contributed by atoms with Crippen LogP contribution in [0.25, 0.3) is 11.6 Å². The van der Waals surface area contributed by atoms with Crippen molar-refractivity contribution in [3.05, 3.63) is 29.7 Å². The van der Waals surface area contributed by atoms with Gasteiger partial charge in [0.05, 0.1) is 17.5 Å². The maximum atomic E-state index is 13.1. The molecule has 1 fully saturated rings. The van der Waals surface area contributed by atoms with Gasteiger partial charge in [-0.05, 0) is 31.2 Å². The Morgan fingerprint density at radius 1 is 1.44 bits per heavy atom. The Morgan fingerprint density at radius 3 is 2.92 bits per heavy atom. The van der Waals surface area contributed by atoms with E-state index < -0.39 is 10.8 Å². The zero-order chi connectivity index (χ0) is 18.0. The minimum Gasteiger partial charge on any atom is -0.461 e. The molecule has 0 radical (unpaired) electrons. The van der Waals surface area contributed by atoms with Crippen molar-refractivity contribution in [2.24, 2.45) is 5.92 Å². The van der Waals surface area contributed by atoms with Crippen LogP contribution in [-0.2, 0) is 10.8 Å². The molecule has 2 aromatic rings. The second kappa shape index (κ2) is 7.70. The third-order valence-corrected chi connectivity index (χ3v) is 6.34. The Bertz CT molecular complexity index is 793. The fourth-order valence-corrected chi connectivity index (χ4v) is 4.88. The van der Waals surface area contributed by atoms with E-state index >= 15 is 0 Å². The fourth-order valence-electron chi connectivity index (χ4n) is 2.93. The van der Waals surface area contributed by atoms with Gasteiger partial charge in [0.1, 0.15) is 5.03 Å². The first-order valence-corrected chi connectivity index (χ1v) is 10.8. The summed E-state index contributed by atoms with van der Waals surface area (Å²) in [5.74, 6) is 2.36. The van der Waals surface area contributed by atoms with Crippen molar-refractivity contribution in [1.82, 2.24) is 14.9 Å². The van der Waals surface area contributed by atoms with Crippen molar-refractivity contribution < 1.29 is 13.4 Å². The summed E-state index contributed by atoms with van der Waals surface area (Å²) in [6.45, 7) is 4.96. The van der Waals surface area contributed by atoms with Gasteiger partial charge in [-0.25, -0.2) is 9.97 Å². The summed E-state index contributed by atoms with van der Waals surface area (Å²) in [6.07, 6.45) is 3.47. The van der Waals surface area contributed by atoms with Crippen LogP contribution >= 0.6 is 11.8 Å². The summed E-state index contributed by atoms with van der Waals surface area (Å²) >= 11 is 1.42. The Labute approximate surface area is 153 Å². The van der Waals surface area contributed by atoms with E-state index in [0.29, 0.717) is 52.5 Å². The molecule has 1 amide bonds. The molecule has 3 rings (SSSR count). The van der Waals surface area contributed by atoms with Gasteiger partial charge in [-0.3, -0.25) is 9.00 Å². The van der Waals surface area contributed by atoms with Gasteiger partial charge >= 0.3 is 0 Å². The quantitative estimate of drug-likeness (QED) is 0.603. The van der Waals surface area contributed by atoms with Gasteiger partial charge in [-0.15, -0.1) is 11.8 Å². The fraction of sp³-hybridized carbons (Fsp3) is 0.471. The summed E-state index contributed by atoms with van der Waals surface area (Å²) in [7, 11) is -0.861. The number of aromatic nitrogens is 2. The topological polar surface area (TPSA) is 76.3 Å². The van der Waals surface area contributed by atoms with E-state index in [0.717, 1.165) is 0 Å². The zero-order valence-corrected chi connectivity index (χ0v) is 16.2. The zero-order valence-electron chi connectivity index (χ0n) is 14.5. The summed E-state index contributed by atoms with van der Waals surface area (Å²) in [5.41, 5.74) is 1.16. The number of nitrogens with zero attached hydrogens (tertiary/aromatic N) is 3. The summed E-state index contributed by atoms with van der Waals surface area (Å²) < 4.78 is 17.3. The molecule has 0 aromatic carbocycles. The lowest BCUT2D eigenvalue weighted by atomic mass is 10.1. The number of amides is 1. The van der Waals surface area contributed by atoms with Crippen molar-refractivity contribution in [2.75, 3.05) is 30.9 Å². The van der Waals surface area contributed by atoms with Crippen molar-refractivity contribution >= 4 is 28.5 Å². The van der Waals surface area contributed by atoms with Crippen molar-refractivity contribution in [2.45, 2.75) is 18.9 Å². The highest BCUT2D eigenvalue weighted by Gasteiger charge is 2.28. The molecule has 8 heteroatoms. The Morgan fingerprint density at radius 2 is 2.24 bits per heavy atom. The number of carbonyl (C=O) groups excluding carboxylic acids is 1. The van der Waals surface area contributed by atoms with Crippen molar-refractivity contribution in [3.8, 4) is 11.6 Å². The van der Waals surface area contributed by atoms with Crippen LogP contribution in [0.1, 0.15) is 23.0 Å². The highest BCUT2D eigenvalue weighted by atomic mass is 32.2. The molecule has 25 heavy (non-hydrogen) atoms. The molecule has 2 atom stereocenters. The Kier molecular flexibility index (Phi) is 5.58. The van der Waals surface area contributed by atoms with Gasteiger partial charge in [0.2, 0.25) is 0 Å². The lowest BCUT2D eigenvalue weighted by Crippen LogP contribution is -2.36. The minimum absolute atomic E-state index is 0.0846. The van der Waals surface area contributed by atoms with Crippen LogP contribution in [0.5, 0.6) is 0 Å². The van der Waals surface area contributed by atoms with Crippen molar-refractivity contribution in [3.63, 3.8) is 0 Å². The third-order valence-electron chi connectivity index (χ3n) is 4.08. The lowest BCUT2D eigenvalue weighted by molar-refractivity contribution is 0.0746. The molecule has 1 saturated heterocycles. The van der Waals surface area contributed by atoms with Crippen LogP contribution in [0.4, 0.5) is 0 Å². The second-order valence-corrected chi connectivity index (χ2v) is 8.58. The number of carbonyl (C=O) groups is 1. The van der Waals surface area contributed by atoms with Crippen LogP contribution in [-0.4, -0.2) is 55.8 Å². The number of rotatable bonds is 3. The first kappa shape index (κ1) is 18.1. The number of furan rings is 1. The molecule has 6 nitrogen and oxygen atoms in total. The molecule has 1 aliphatic rings. The first-order valence-electron chi connectivity index (χ1n) is 8.10. The van der Waals surface area contributed by atoms with Crippen LogP contribution in [0.2, 0.25) is 0 Å². The smallest absolute Gasteiger partial charge is 0.258 e. The average molecular weight is 380 g/mol. The Hall–Kier alpha value is -1.67. The van der Waals surface area contributed by atoms with E-state index in [1.54, 1.807) is 23.3 Å². The monoisotopic (exact) mass is 379 g/mol. The van der Waals surface area contributed by atoms with Crippen molar-refractivity contribution in [1.29, 1.82) is 0 Å². The van der Waals surface area contributed by atoms with Crippen LogP contribution in [0.15, 0.2) is 27.8 Å². The number of thioether (sulfide) groups is 1. The van der Waals surface area contributed by atoms with E-state index in [9.17, 15) is 9.00 Å². The molecule has 0 spiro atoms. The maximum Gasteiger partial charge on any atom is 0.258 e. The normalized spacial score (nSPS) is 21.2. The summed E-state index contributed by atoms with van der Waals surface area (Å²) in [4.78, 5) is 23.9. The molecule has 0 aliphatic carbocycles. The molecular formula is C17H21N3O3S2. The van der Waals surface area contributed by atoms with E-state index in [-0.39, 0.29) is 11.8 Å². The number of aryl methyl sites for hydroxylation is 1.